The van der Waals surface area contributed by atoms with E-state index in [4.69, 9.17) is 40.3 Å². The summed E-state index contributed by atoms with van der Waals surface area (Å²) in [4.78, 5) is 34.5. The number of unbranched alkanes of at least 4 members (excludes halogenated alkanes) is 10. The molecule has 0 aliphatic rings. The number of azide groups is 3. The van der Waals surface area contributed by atoms with E-state index < -0.39 is 11.6 Å². The summed E-state index contributed by atoms with van der Waals surface area (Å²) in [6.07, 6.45) is 12.3. The summed E-state index contributed by atoms with van der Waals surface area (Å²) < 4.78 is 30.4. The molecule has 0 saturated carbocycles. The van der Waals surface area contributed by atoms with E-state index in [1.54, 1.807) is 6.07 Å². The van der Waals surface area contributed by atoms with Crippen molar-refractivity contribution in [2.24, 2.45) is 15.3 Å². The summed E-state index contributed by atoms with van der Waals surface area (Å²) in [7, 11) is 0. The van der Waals surface area contributed by atoms with Crippen molar-refractivity contribution in [2.45, 2.75) is 142 Å². The molecular formula is C37H61N9O7. The van der Waals surface area contributed by atoms with Gasteiger partial charge in [0.05, 0.1) is 32.0 Å². The predicted octanol–water partition coefficient (Wildman–Crippen LogP) is 11.1. The van der Waals surface area contributed by atoms with Crippen LogP contribution in [0, 0.1) is 0 Å². The summed E-state index contributed by atoms with van der Waals surface area (Å²) >= 11 is 0. The normalized spacial score (nSPS) is 10.7. The Hall–Kier alpha value is -4.51. The van der Waals surface area contributed by atoms with Crippen LogP contribution in [0.2, 0.25) is 0 Å². The number of ether oxygens (including phenoxy) is 5. The van der Waals surface area contributed by atoms with E-state index in [1.807, 2.05) is 27.7 Å². The number of benzene rings is 1. The Morgan fingerprint density at radius 3 is 1.62 bits per heavy atom. The summed E-state index contributed by atoms with van der Waals surface area (Å²) in [6, 6.07) is 1.70. The van der Waals surface area contributed by atoms with Gasteiger partial charge in [0.2, 0.25) is 5.75 Å². The van der Waals surface area contributed by atoms with E-state index in [0.717, 1.165) is 77.0 Å². The van der Waals surface area contributed by atoms with E-state index in [0.29, 0.717) is 93.5 Å². The fraction of sp³-hybridized carbons (Fsp3) is 0.784. The van der Waals surface area contributed by atoms with Crippen LogP contribution in [0.4, 0.5) is 0 Å². The van der Waals surface area contributed by atoms with Crippen LogP contribution < -0.4 is 14.2 Å². The first-order chi connectivity index (χ1) is 25.7. The molecular weight excluding hydrogens is 682 g/mol. The van der Waals surface area contributed by atoms with Crippen LogP contribution in [0.1, 0.15) is 146 Å². The predicted molar refractivity (Wildman–Crippen MR) is 204 cm³/mol. The number of carbonyl (C=O) groups excluding carboxylic acids is 2. The molecule has 0 fully saturated rings. The highest BCUT2D eigenvalue weighted by atomic mass is 16.6. The van der Waals surface area contributed by atoms with E-state index in [9.17, 15) is 9.59 Å². The highest BCUT2D eigenvalue weighted by Crippen LogP contribution is 2.44. The first-order valence-corrected chi connectivity index (χ1v) is 19.2. The average Bonchev–Trinajstić information content (AvgIpc) is 3.12. The Labute approximate surface area is 314 Å². The van der Waals surface area contributed by atoms with E-state index in [1.165, 1.54) is 0 Å². The molecule has 16 heteroatoms. The molecule has 0 N–H and O–H groups in total. The monoisotopic (exact) mass is 743 g/mol. The molecule has 0 heterocycles. The Kier molecular flexibility index (Phi) is 26.3. The second-order valence-corrected chi connectivity index (χ2v) is 13.6. The van der Waals surface area contributed by atoms with Crippen LogP contribution in [0.5, 0.6) is 17.2 Å². The zero-order chi connectivity index (χ0) is 39.0. The smallest absolute Gasteiger partial charge is 0.338 e. The van der Waals surface area contributed by atoms with Gasteiger partial charge in [-0.3, -0.25) is 4.79 Å². The number of carbonyl (C=O) groups is 2. The average molecular weight is 744 g/mol. The molecule has 0 spiro atoms. The van der Waals surface area contributed by atoms with Crippen molar-refractivity contribution < 1.29 is 33.3 Å². The third kappa shape index (κ3) is 22.9. The molecule has 1 aromatic rings. The lowest BCUT2D eigenvalue weighted by atomic mass is 9.98. The van der Waals surface area contributed by atoms with Crippen molar-refractivity contribution in [3.8, 4) is 17.2 Å². The van der Waals surface area contributed by atoms with Crippen LogP contribution in [-0.4, -0.2) is 63.6 Å². The molecule has 53 heavy (non-hydrogen) atoms. The zero-order valence-electron chi connectivity index (χ0n) is 32.4. The van der Waals surface area contributed by atoms with E-state index in [2.05, 4.69) is 30.1 Å². The van der Waals surface area contributed by atoms with Gasteiger partial charge in [0.15, 0.2) is 11.5 Å². The Morgan fingerprint density at radius 1 is 0.642 bits per heavy atom. The van der Waals surface area contributed by atoms with Gasteiger partial charge in [-0.05, 0) is 108 Å². The first-order valence-electron chi connectivity index (χ1n) is 19.2. The Morgan fingerprint density at radius 2 is 1.13 bits per heavy atom. The minimum absolute atomic E-state index is 0.242. The van der Waals surface area contributed by atoms with E-state index >= 15 is 0 Å². The topological polar surface area (TPSA) is 227 Å². The Balaban J connectivity index is 3.43. The van der Waals surface area contributed by atoms with Gasteiger partial charge >= 0.3 is 11.9 Å². The summed E-state index contributed by atoms with van der Waals surface area (Å²) in [6.45, 7) is 10.2. The van der Waals surface area contributed by atoms with Gasteiger partial charge in [0.1, 0.15) is 5.60 Å². The largest absolute Gasteiger partial charge is 0.490 e. The number of hydrogen-bond donors (Lipinski definition) is 0. The highest BCUT2D eigenvalue weighted by molar-refractivity contribution is 5.93. The quantitative estimate of drug-likeness (QED) is 0.0227. The minimum atomic E-state index is -0.574. The summed E-state index contributed by atoms with van der Waals surface area (Å²) in [5, 5.41) is 10.8. The van der Waals surface area contributed by atoms with Crippen molar-refractivity contribution in [2.75, 3.05) is 46.1 Å². The van der Waals surface area contributed by atoms with E-state index in [-0.39, 0.29) is 19.0 Å². The molecule has 0 aliphatic carbocycles. The molecule has 1 aromatic carbocycles. The second-order valence-electron chi connectivity index (χ2n) is 13.6. The first kappa shape index (κ1) is 46.5. The molecule has 0 radical (unpaired) electrons. The van der Waals surface area contributed by atoms with Crippen molar-refractivity contribution in [1.82, 2.24) is 0 Å². The molecule has 0 saturated heterocycles. The molecule has 0 aromatic heterocycles. The lowest BCUT2D eigenvalue weighted by Crippen LogP contribution is -2.23. The molecule has 0 atom stereocenters. The van der Waals surface area contributed by atoms with Gasteiger partial charge in [0, 0.05) is 46.4 Å². The van der Waals surface area contributed by atoms with Crippen LogP contribution >= 0.6 is 0 Å². The van der Waals surface area contributed by atoms with Gasteiger partial charge < -0.3 is 23.7 Å². The number of rotatable bonds is 32. The van der Waals surface area contributed by atoms with Crippen LogP contribution in [-0.2, 0) is 20.7 Å². The van der Waals surface area contributed by atoms with Gasteiger partial charge in [-0.2, -0.15) is 0 Å². The van der Waals surface area contributed by atoms with Crippen LogP contribution in [0.25, 0.3) is 31.3 Å². The van der Waals surface area contributed by atoms with Crippen molar-refractivity contribution in [3.63, 3.8) is 0 Å². The highest BCUT2D eigenvalue weighted by Gasteiger charge is 2.26. The van der Waals surface area contributed by atoms with Gasteiger partial charge in [-0.25, -0.2) is 4.79 Å². The van der Waals surface area contributed by atoms with Crippen LogP contribution in [0.3, 0.4) is 0 Å². The van der Waals surface area contributed by atoms with Gasteiger partial charge in [-0.1, -0.05) is 60.8 Å². The standard InChI is InChI=1S/C37H61N9O7/c1-5-25-52-36(48)31-29-32(49-26-17-9-6-14-22-41-44-38)35(51-28-19-11-8-16-24-43-46-40)34(50-27-18-10-7-15-23-42-45-39)30(31)20-12-13-21-33(47)53-37(2,3)4/h29H,5-28H2,1-4H3. The van der Waals surface area contributed by atoms with Gasteiger partial charge in [0.25, 0.3) is 0 Å². The molecule has 0 amide bonds. The van der Waals surface area contributed by atoms with Crippen LogP contribution in [0.15, 0.2) is 21.4 Å². The number of hydrogen-bond acceptors (Lipinski definition) is 10. The maximum atomic E-state index is 13.6. The van der Waals surface area contributed by atoms with Crippen molar-refractivity contribution >= 4 is 11.9 Å². The molecule has 16 nitrogen and oxygen atoms in total. The molecule has 0 bridgehead atoms. The molecule has 1 rings (SSSR count). The van der Waals surface area contributed by atoms with Crippen molar-refractivity contribution in [3.05, 3.63) is 48.5 Å². The lowest BCUT2D eigenvalue weighted by molar-refractivity contribution is -0.154. The second kappa shape index (κ2) is 30.0. The molecule has 0 unspecified atom stereocenters. The fourth-order valence-electron chi connectivity index (χ4n) is 5.30. The lowest BCUT2D eigenvalue weighted by Gasteiger charge is -2.23. The van der Waals surface area contributed by atoms with Gasteiger partial charge in [-0.15, -0.1) is 0 Å². The minimum Gasteiger partial charge on any atom is -0.490 e. The number of nitrogens with zero attached hydrogens (tertiary/aromatic N) is 9. The summed E-state index contributed by atoms with van der Waals surface area (Å²) in [5.74, 6) is 0.510. The third-order valence-corrected chi connectivity index (χ3v) is 7.84. The molecule has 0 aliphatic heterocycles. The molecule has 296 valence electrons. The zero-order valence-corrected chi connectivity index (χ0v) is 32.4. The maximum Gasteiger partial charge on any atom is 0.338 e. The SMILES string of the molecule is CCCOC(=O)c1cc(OCCCCCCN=[N+]=[N-])c(OCCCCCCN=[N+]=[N-])c(OCCCCCCN=[N+]=[N-])c1CCCCC(=O)OC(C)(C)C. The maximum absolute atomic E-state index is 13.6. The Bertz CT molecular complexity index is 1350. The third-order valence-electron chi connectivity index (χ3n) is 7.84. The summed E-state index contributed by atoms with van der Waals surface area (Å²) in [5.41, 5.74) is 26.0. The van der Waals surface area contributed by atoms with Crippen molar-refractivity contribution in [1.29, 1.82) is 0 Å². The number of esters is 2. The fourth-order valence-corrected chi connectivity index (χ4v) is 5.30.